The molecule has 0 aliphatic carbocycles. The molecule has 1 aromatic carbocycles. The Balaban J connectivity index is 1.90. The van der Waals surface area contributed by atoms with Gasteiger partial charge in [-0.25, -0.2) is 4.39 Å². The van der Waals surface area contributed by atoms with Crippen LogP contribution in [-0.2, 0) is 6.54 Å². The first-order chi connectivity index (χ1) is 9.22. The molecular weight excluding hydrogens is 249 g/mol. The Morgan fingerprint density at radius 3 is 3.11 bits per heavy atom. The third-order valence-corrected chi connectivity index (χ3v) is 2.72. The van der Waals surface area contributed by atoms with Gasteiger partial charge in [0.2, 0.25) is 12.2 Å². The lowest BCUT2D eigenvalue weighted by Gasteiger charge is -1.99. The molecule has 19 heavy (non-hydrogen) atoms. The lowest BCUT2D eigenvalue weighted by Crippen LogP contribution is -2.35. The van der Waals surface area contributed by atoms with E-state index in [2.05, 4.69) is 20.2 Å². The van der Waals surface area contributed by atoms with Crippen LogP contribution < -0.4 is 4.68 Å². The van der Waals surface area contributed by atoms with Crippen molar-refractivity contribution in [1.82, 2.24) is 20.2 Å². The van der Waals surface area contributed by atoms with Gasteiger partial charge in [0.25, 0.3) is 5.89 Å². The number of benzene rings is 1. The van der Waals surface area contributed by atoms with Crippen molar-refractivity contribution in [3.05, 3.63) is 48.1 Å². The first-order valence-electron chi connectivity index (χ1n) is 5.69. The van der Waals surface area contributed by atoms with Gasteiger partial charge >= 0.3 is 6.33 Å². The predicted molar refractivity (Wildman–Crippen MR) is 62.3 cm³/mol. The standard InChI is InChI=1S/C12H10FN5O/c1-8-2-3-9(13)4-10(8)12-16-11(19-17-12)5-18-7-14-6-15-18/h2-4,6-7H,5H2,1H3/p+1. The van der Waals surface area contributed by atoms with Gasteiger partial charge in [0.15, 0.2) is 6.54 Å². The average molecular weight is 260 g/mol. The summed E-state index contributed by atoms with van der Waals surface area (Å²) in [7, 11) is 0. The van der Waals surface area contributed by atoms with Crippen LogP contribution in [0.25, 0.3) is 11.4 Å². The lowest BCUT2D eigenvalue weighted by atomic mass is 10.1. The van der Waals surface area contributed by atoms with E-state index in [4.69, 9.17) is 4.52 Å². The molecule has 2 heterocycles. The minimum absolute atomic E-state index is 0.324. The Bertz CT molecular complexity index is 692. The fraction of sp³-hybridized carbons (Fsp3) is 0.167. The molecule has 2 aromatic heterocycles. The number of hydrogen-bond donors (Lipinski definition) is 1. The Hall–Kier alpha value is -2.57. The molecule has 7 heteroatoms. The van der Waals surface area contributed by atoms with Crippen LogP contribution in [0.3, 0.4) is 0 Å². The number of aromatic amines is 1. The van der Waals surface area contributed by atoms with Crippen molar-refractivity contribution >= 4 is 0 Å². The molecule has 3 aromatic rings. The molecule has 0 fully saturated rings. The molecule has 3 rings (SSSR count). The second-order valence-corrected chi connectivity index (χ2v) is 4.12. The number of hydrogen-bond acceptors (Lipinski definition) is 4. The highest BCUT2D eigenvalue weighted by atomic mass is 19.1. The van der Waals surface area contributed by atoms with Crippen molar-refractivity contribution in [2.24, 2.45) is 0 Å². The Labute approximate surface area is 107 Å². The zero-order valence-electron chi connectivity index (χ0n) is 10.2. The van der Waals surface area contributed by atoms with Gasteiger partial charge in [-0.3, -0.25) is 0 Å². The van der Waals surface area contributed by atoms with E-state index in [1.165, 1.54) is 12.1 Å². The summed E-state index contributed by atoms with van der Waals surface area (Å²) < 4.78 is 20.1. The molecule has 96 valence electrons. The van der Waals surface area contributed by atoms with E-state index in [0.29, 0.717) is 23.8 Å². The third-order valence-electron chi connectivity index (χ3n) is 2.72. The number of H-pyrrole nitrogens is 1. The average Bonchev–Trinajstić information content (AvgIpc) is 3.04. The molecular formula is C12H11FN5O+. The van der Waals surface area contributed by atoms with Crippen molar-refractivity contribution in [1.29, 1.82) is 0 Å². The van der Waals surface area contributed by atoms with Gasteiger partial charge in [0.1, 0.15) is 5.82 Å². The highest BCUT2D eigenvalue weighted by molar-refractivity contribution is 5.59. The maximum absolute atomic E-state index is 13.2. The third kappa shape index (κ3) is 2.35. The van der Waals surface area contributed by atoms with Crippen molar-refractivity contribution in [2.75, 3.05) is 0 Å². The van der Waals surface area contributed by atoms with Crippen LogP contribution in [0.4, 0.5) is 4.39 Å². The van der Waals surface area contributed by atoms with Gasteiger partial charge in [-0.1, -0.05) is 11.2 Å². The summed E-state index contributed by atoms with van der Waals surface area (Å²) in [6.07, 6.45) is 3.16. The summed E-state index contributed by atoms with van der Waals surface area (Å²) in [4.78, 5) is 8.12. The van der Waals surface area contributed by atoms with Crippen LogP contribution in [-0.4, -0.2) is 20.2 Å². The molecule has 1 N–H and O–H groups in total. The molecule has 0 saturated carbocycles. The predicted octanol–water partition coefficient (Wildman–Crippen LogP) is 1.24. The summed E-state index contributed by atoms with van der Waals surface area (Å²) >= 11 is 0. The Morgan fingerprint density at radius 2 is 2.32 bits per heavy atom. The van der Waals surface area contributed by atoms with E-state index < -0.39 is 0 Å². The van der Waals surface area contributed by atoms with Crippen LogP contribution in [0, 0.1) is 12.7 Å². The second kappa shape index (κ2) is 4.60. The molecule has 0 unspecified atom stereocenters. The van der Waals surface area contributed by atoms with E-state index in [1.54, 1.807) is 23.4 Å². The van der Waals surface area contributed by atoms with Crippen molar-refractivity contribution < 1.29 is 13.6 Å². The van der Waals surface area contributed by atoms with E-state index in [-0.39, 0.29) is 5.82 Å². The molecule has 0 saturated heterocycles. The van der Waals surface area contributed by atoms with E-state index in [0.717, 1.165) is 5.56 Å². The summed E-state index contributed by atoms with van der Waals surface area (Å²) in [6.45, 7) is 2.26. The van der Waals surface area contributed by atoms with Crippen LogP contribution in [0.2, 0.25) is 0 Å². The van der Waals surface area contributed by atoms with Crippen LogP contribution in [0.1, 0.15) is 11.5 Å². The van der Waals surface area contributed by atoms with Crippen LogP contribution in [0.15, 0.2) is 35.4 Å². The molecule has 6 nitrogen and oxygen atoms in total. The number of rotatable bonds is 3. The van der Waals surface area contributed by atoms with Gasteiger partial charge in [0, 0.05) is 5.56 Å². The molecule has 0 bridgehead atoms. The summed E-state index contributed by atoms with van der Waals surface area (Å²) in [6, 6.07) is 4.48. The number of nitrogens with one attached hydrogen (secondary N) is 1. The maximum Gasteiger partial charge on any atom is 0.307 e. The molecule has 0 aliphatic heterocycles. The van der Waals surface area contributed by atoms with Gasteiger partial charge < -0.3 is 4.52 Å². The second-order valence-electron chi connectivity index (χ2n) is 4.12. The van der Waals surface area contributed by atoms with E-state index >= 15 is 0 Å². The van der Waals surface area contributed by atoms with Gasteiger partial charge in [-0.15, -0.1) is 4.68 Å². The van der Waals surface area contributed by atoms with E-state index in [1.807, 2.05) is 6.92 Å². The first-order valence-corrected chi connectivity index (χ1v) is 5.69. The van der Waals surface area contributed by atoms with Gasteiger partial charge in [0.05, 0.1) is 0 Å². The summed E-state index contributed by atoms with van der Waals surface area (Å²) in [5.74, 6) is 0.481. The minimum Gasteiger partial charge on any atom is -0.334 e. The molecule has 0 aliphatic rings. The zero-order valence-corrected chi connectivity index (χ0v) is 10.2. The largest absolute Gasteiger partial charge is 0.334 e. The van der Waals surface area contributed by atoms with Crippen LogP contribution >= 0.6 is 0 Å². The molecule has 0 amide bonds. The molecule has 0 radical (unpaired) electrons. The Kier molecular flexibility index (Phi) is 2.79. The lowest BCUT2D eigenvalue weighted by molar-refractivity contribution is -0.745. The SMILES string of the molecule is Cc1ccc(F)cc1-c1noc(C[n+]2cnc[nH]2)n1. The smallest absolute Gasteiger partial charge is 0.307 e. The highest BCUT2D eigenvalue weighted by Crippen LogP contribution is 2.21. The maximum atomic E-state index is 13.2. The zero-order chi connectivity index (χ0) is 13.2. The van der Waals surface area contributed by atoms with Gasteiger partial charge in [-0.05, 0) is 29.6 Å². The minimum atomic E-state index is -0.324. The Morgan fingerprint density at radius 1 is 1.42 bits per heavy atom. The van der Waals surface area contributed by atoms with Gasteiger partial charge in [-0.2, -0.15) is 10.1 Å². The fourth-order valence-corrected chi connectivity index (χ4v) is 1.75. The van der Waals surface area contributed by atoms with Crippen molar-refractivity contribution in [3.63, 3.8) is 0 Å². The molecule has 0 atom stereocenters. The highest BCUT2D eigenvalue weighted by Gasteiger charge is 2.14. The number of halogens is 1. The number of aryl methyl sites for hydroxylation is 1. The van der Waals surface area contributed by atoms with E-state index in [9.17, 15) is 4.39 Å². The number of aromatic nitrogens is 5. The first kappa shape index (κ1) is 11.5. The summed E-state index contributed by atoms with van der Waals surface area (Å²) in [5, 5.41) is 6.74. The monoisotopic (exact) mass is 260 g/mol. The van der Waals surface area contributed by atoms with Crippen molar-refractivity contribution in [2.45, 2.75) is 13.5 Å². The fourth-order valence-electron chi connectivity index (χ4n) is 1.75. The summed E-state index contributed by atoms with van der Waals surface area (Å²) in [5.41, 5.74) is 1.52. The quantitative estimate of drug-likeness (QED) is 0.719. The number of nitrogens with zero attached hydrogens (tertiary/aromatic N) is 4. The van der Waals surface area contributed by atoms with Crippen molar-refractivity contribution in [3.8, 4) is 11.4 Å². The normalized spacial score (nSPS) is 10.8. The van der Waals surface area contributed by atoms with Crippen LogP contribution in [0.5, 0.6) is 0 Å². The topological polar surface area (TPSA) is 71.5 Å². The molecule has 0 spiro atoms.